The van der Waals surface area contributed by atoms with Crippen LogP contribution in [-0.4, -0.2) is 61.9 Å². The average molecular weight is 354 g/mol. The van der Waals surface area contributed by atoms with Crippen LogP contribution in [0.2, 0.25) is 0 Å². The fraction of sp³-hybridized carbons (Fsp3) is 0.833. The van der Waals surface area contributed by atoms with Crippen LogP contribution in [0.1, 0.15) is 47.5 Å². The van der Waals surface area contributed by atoms with E-state index in [9.17, 15) is 9.59 Å². The highest BCUT2D eigenvalue weighted by Crippen LogP contribution is 2.15. The zero-order valence-corrected chi connectivity index (χ0v) is 16.6. The van der Waals surface area contributed by atoms with Crippen molar-refractivity contribution >= 4 is 17.8 Å². The summed E-state index contributed by atoms with van der Waals surface area (Å²) in [5, 5.41) is 9.51. The van der Waals surface area contributed by atoms with E-state index >= 15 is 0 Å². The summed E-state index contributed by atoms with van der Waals surface area (Å²) < 4.78 is 0. The summed E-state index contributed by atoms with van der Waals surface area (Å²) in [7, 11) is 1.73. The van der Waals surface area contributed by atoms with Gasteiger partial charge in [0.1, 0.15) is 0 Å². The van der Waals surface area contributed by atoms with Gasteiger partial charge >= 0.3 is 0 Å². The first-order valence-electron chi connectivity index (χ1n) is 9.25. The predicted molar refractivity (Wildman–Crippen MR) is 101 cm³/mol. The Morgan fingerprint density at radius 3 is 2.28 bits per heavy atom. The minimum Gasteiger partial charge on any atom is -0.356 e. The summed E-state index contributed by atoms with van der Waals surface area (Å²) in [6.07, 6.45) is 1.80. The molecule has 1 fully saturated rings. The Morgan fingerprint density at radius 1 is 1.20 bits per heavy atom. The predicted octanol–water partition coefficient (Wildman–Crippen LogP) is 0.961. The molecular weight excluding hydrogens is 318 g/mol. The molecule has 144 valence electrons. The van der Waals surface area contributed by atoms with Gasteiger partial charge in [-0.05, 0) is 33.6 Å². The molecule has 1 rings (SSSR count). The molecule has 1 aliphatic rings. The monoisotopic (exact) mass is 353 g/mol. The number of hydrogen-bond acceptors (Lipinski definition) is 3. The molecule has 25 heavy (non-hydrogen) atoms. The fourth-order valence-corrected chi connectivity index (χ4v) is 2.78. The summed E-state index contributed by atoms with van der Waals surface area (Å²) in [5.74, 6) is 1.00. The number of aliphatic imine (C=N–C) groups is 1. The minimum absolute atomic E-state index is 0.0264. The third-order valence-corrected chi connectivity index (χ3v) is 4.51. The number of piperidine rings is 1. The summed E-state index contributed by atoms with van der Waals surface area (Å²) in [6.45, 7) is 12.3. The molecule has 0 aromatic rings. The summed E-state index contributed by atoms with van der Waals surface area (Å²) in [6, 6.07) is 0.287. The van der Waals surface area contributed by atoms with Crippen molar-refractivity contribution < 1.29 is 9.59 Å². The van der Waals surface area contributed by atoms with E-state index in [0.717, 1.165) is 25.9 Å². The number of carbonyl (C=O) groups excluding carboxylic acids is 2. The van der Waals surface area contributed by atoms with Crippen molar-refractivity contribution in [2.75, 3.05) is 33.2 Å². The SMILES string of the molecule is CCNC(=O)C(C)(C)CNC(=NC)NC1CCN(C(=O)C(C)C)CC1. The third kappa shape index (κ3) is 6.55. The van der Waals surface area contributed by atoms with Gasteiger partial charge in [-0.3, -0.25) is 14.6 Å². The van der Waals surface area contributed by atoms with Gasteiger partial charge in [-0.25, -0.2) is 0 Å². The number of nitrogens with zero attached hydrogens (tertiary/aromatic N) is 2. The molecule has 0 bridgehead atoms. The Balaban J connectivity index is 2.45. The second-order valence-electron chi connectivity index (χ2n) is 7.57. The van der Waals surface area contributed by atoms with Gasteiger partial charge in [0.15, 0.2) is 5.96 Å². The lowest BCUT2D eigenvalue weighted by molar-refractivity contribution is -0.135. The van der Waals surface area contributed by atoms with Gasteiger partial charge in [0.25, 0.3) is 0 Å². The van der Waals surface area contributed by atoms with E-state index < -0.39 is 5.41 Å². The van der Waals surface area contributed by atoms with Crippen LogP contribution in [-0.2, 0) is 9.59 Å². The maximum Gasteiger partial charge on any atom is 0.227 e. The Kier molecular flexibility index (Phi) is 8.19. The van der Waals surface area contributed by atoms with Crippen molar-refractivity contribution in [3.8, 4) is 0 Å². The van der Waals surface area contributed by atoms with E-state index in [1.807, 2.05) is 39.5 Å². The number of nitrogens with one attached hydrogen (secondary N) is 3. The minimum atomic E-state index is -0.513. The van der Waals surface area contributed by atoms with Crippen LogP contribution in [0.25, 0.3) is 0 Å². The molecule has 1 heterocycles. The van der Waals surface area contributed by atoms with Gasteiger partial charge in [0, 0.05) is 45.2 Å². The Bertz CT molecular complexity index is 480. The number of amides is 2. The Morgan fingerprint density at radius 2 is 1.80 bits per heavy atom. The van der Waals surface area contributed by atoms with Gasteiger partial charge in [0.05, 0.1) is 5.41 Å². The van der Waals surface area contributed by atoms with Gasteiger partial charge < -0.3 is 20.9 Å². The molecule has 0 aliphatic carbocycles. The van der Waals surface area contributed by atoms with E-state index in [1.165, 1.54) is 0 Å². The van der Waals surface area contributed by atoms with Gasteiger partial charge in [-0.15, -0.1) is 0 Å². The topological polar surface area (TPSA) is 85.8 Å². The Hall–Kier alpha value is -1.79. The highest BCUT2D eigenvalue weighted by atomic mass is 16.2. The Labute approximate surface area is 152 Å². The molecule has 0 aromatic carbocycles. The third-order valence-electron chi connectivity index (χ3n) is 4.51. The smallest absolute Gasteiger partial charge is 0.227 e. The summed E-state index contributed by atoms with van der Waals surface area (Å²) in [4.78, 5) is 30.3. The standard InChI is InChI=1S/C18H35N5O2/c1-7-20-16(25)18(4,5)12-21-17(19-6)22-14-8-10-23(11-9-14)15(24)13(2)3/h13-14H,7-12H2,1-6H3,(H,20,25)(H2,19,21,22). The molecule has 0 aromatic heterocycles. The van der Waals surface area contributed by atoms with Crippen molar-refractivity contribution in [2.24, 2.45) is 16.3 Å². The van der Waals surface area contributed by atoms with E-state index in [1.54, 1.807) is 7.05 Å². The lowest BCUT2D eigenvalue weighted by Crippen LogP contribution is -2.52. The first-order chi connectivity index (χ1) is 11.7. The quantitative estimate of drug-likeness (QED) is 0.490. The largest absolute Gasteiger partial charge is 0.356 e. The molecule has 0 atom stereocenters. The number of hydrogen-bond donors (Lipinski definition) is 3. The molecule has 1 saturated heterocycles. The number of likely N-dealkylation sites (tertiary alicyclic amines) is 1. The molecule has 0 unspecified atom stereocenters. The van der Waals surface area contributed by atoms with E-state index in [4.69, 9.17) is 0 Å². The molecule has 7 nitrogen and oxygen atoms in total. The summed E-state index contributed by atoms with van der Waals surface area (Å²) in [5.41, 5.74) is -0.513. The van der Waals surface area contributed by atoms with Crippen LogP contribution in [0.3, 0.4) is 0 Å². The highest BCUT2D eigenvalue weighted by Gasteiger charge is 2.28. The zero-order chi connectivity index (χ0) is 19.0. The first-order valence-corrected chi connectivity index (χ1v) is 9.25. The van der Waals surface area contributed by atoms with Crippen molar-refractivity contribution in [1.82, 2.24) is 20.9 Å². The molecule has 2 amide bonds. The zero-order valence-electron chi connectivity index (χ0n) is 16.6. The molecule has 1 aliphatic heterocycles. The molecule has 0 spiro atoms. The van der Waals surface area contributed by atoms with Crippen molar-refractivity contribution in [3.05, 3.63) is 0 Å². The van der Waals surface area contributed by atoms with Crippen molar-refractivity contribution in [3.63, 3.8) is 0 Å². The molecule has 3 N–H and O–H groups in total. The maximum absolute atomic E-state index is 12.1. The van der Waals surface area contributed by atoms with Crippen LogP contribution in [0.4, 0.5) is 0 Å². The lowest BCUT2D eigenvalue weighted by Gasteiger charge is -2.34. The van der Waals surface area contributed by atoms with Crippen LogP contribution in [0.15, 0.2) is 4.99 Å². The summed E-state index contributed by atoms with van der Waals surface area (Å²) >= 11 is 0. The fourth-order valence-electron chi connectivity index (χ4n) is 2.78. The normalized spacial score (nSPS) is 16.8. The first kappa shape index (κ1) is 21.3. The average Bonchev–Trinajstić information content (AvgIpc) is 2.58. The van der Waals surface area contributed by atoms with Crippen LogP contribution >= 0.6 is 0 Å². The maximum atomic E-state index is 12.1. The van der Waals surface area contributed by atoms with Gasteiger partial charge in [0.2, 0.25) is 11.8 Å². The second kappa shape index (κ2) is 9.63. The van der Waals surface area contributed by atoms with Gasteiger partial charge in [-0.2, -0.15) is 0 Å². The van der Waals surface area contributed by atoms with Crippen molar-refractivity contribution in [2.45, 2.75) is 53.5 Å². The molecular formula is C18H35N5O2. The van der Waals surface area contributed by atoms with Gasteiger partial charge in [-0.1, -0.05) is 13.8 Å². The number of carbonyl (C=O) groups is 2. The number of rotatable bonds is 6. The van der Waals surface area contributed by atoms with Crippen LogP contribution in [0, 0.1) is 11.3 Å². The van der Waals surface area contributed by atoms with E-state index in [2.05, 4.69) is 20.9 Å². The second-order valence-corrected chi connectivity index (χ2v) is 7.57. The lowest BCUT2D eigenvalue weighted by atomic mass is 9.92. The molecule has 7 heteroatoms. The van der Waals surface area contributed by atoms with Crippen molar-refractivity contribution in [1.29, 1.82) is 0 Å². The number of guanidine groups is 1. The van der Waals surface area contributed by atoms with Crippen LogP contribution < -0.4 is 16.0 Å². The molecule has 0 saturated carbocycles. The highest BCUT2D eigenvalue weighted by molar-refractivity contribution is 5.84. The molecule has 0 radical (unpaired) electrons. The van der Waals surface area contributed by atoms with E-state index in [-0.39, 0.29) is 23.8 Å². The van der Waals surface area contributed by atoms with Crippen LogP contribution in [0.5, 0.6) is 0 Å². The van der Waals surface area contributed by atoms with E-state index in [0.29, 0.717) is 19.0 Å².